The topological polar surface area (TPSA) is 0 Å². The van der Waals surface area contributed by atoms with E-state index < -0.39 is 0 Å². The van der Waals surface area contributed by atoms with Crippen LogP contribution in [0.15, 0.2) is 24.3 Å². The predicted molar refractivity (Wildman–Crippen MR) is 57.6 cm³/mol. The van der Waals surface area contributed by atoms with Crippen molar-refractivity contribution in [2.45, 2.75) is 45.4 Å². The molecule has 0 N–H and O–H groups in total. The number of rotatable bonds is 1. The molecule has 0 heterocycles. The van der Waals surface area contributed by atoms with Crippen LogP contribution >= 0.6 is 0 Å². The molecule has 1 atom stereocenters. The molecule has 2 aliphatic rings. The van der Waals surface area contributed by atoms with Gasteiger partial charge in [0.15, 0.2) is 0 Å². The fourth-order valence-electron chi connectivity index (χ4n) is 2.81. The van der Waals surface area contributed by atoms with E-state index in [0.29, 0.717) is 5.41 Å². The molecular weight excluding hydrogens is 156 g/mol. The van der Waals surface area contributed by atoms with Gasteiger partial charge >= 0.3 is 0 Å². The minimum absolute atomic E-state index is 0.481. The van der Waals surface area contributed by atoms with Crippen molar-refractivity contribution in [1.29, 1.82) is 0 Å². The summed E-state index contributed by atoms with van der Waals surface area (Å²) in [6.07, 6.45) is 17.7. The maximum Gasteiger partial charge on any atom is -0.00806 e. The van der Waals surface area contributed by atoms with Crippen LogP contribution in [-0.4, -0.2) is 0 Å². The third-order valence-corrected chi connectivity index (χ3v) is 3.82. The first kappa shape index (κ1) is 9.05. The summed E-state index contributed by atoms with van der Waals surface area (Å²) in [5, 5.41) is 0. The van der Waals surface area contributed by atoms with Crippen LogP contribution in [0.25, 0.3) is 0 Å². The van der Waals surface area contributed by atoms with Gasteiger partial charge in [-0.25, -0.2) is 0 Å². The number of allylic oxidation sites excluding steroid dienone is 4. The van der Waals surface area contributed by atoms with Crippen molar-refractivity contribution < 1.29 is 0 Å². The second-order valence-electron chi connectivity index (χ2n) is 4.83. The first-order valence-electron chi connectivity index (χ1n) is 5.66. The molecule has 2 rings (SSSR count). The zero-order valence-corrected chi connectivity index (χ0v) is 8.63. The molecule has 1 saturated carbocycles. The van der Waals surface area contributed by atoms with Crippen molar-refractivity contribution >= 4 is 0 Å². The smallest absolute Gasteiger partial charge is 0.00806 e. The van der Waals surface area contributed by atoms with Crippen LogP contribution in [0.2, 0.25) is 0 Å². The molecule has 72 valence electrons. The van der Waals surface area contributed by atoms with E-state index >= 15 is 0 Å². The van der Waals surface area contributed by atoms with E-state index in [2.05, 4.69) is 31.2 Å². The Balaban J connectivity index is 2.04. The number of hydrogen-bond donors (Lipinski definition) is 0. The van der Waals surface area contributed by atoms with E-state index in [1.165, 1.54) is 38.5 Å². The van der Waals surface area contributed by atoms with Gasteiger partial charge in [-0.3, -0.25) is 0 Å². The van der Waals surface area contributed by atoms with Crippen molar-refractivity contribution in [3.63, 3.8) is 0 Å². The second kappa shape index (κ2) is 3.69. The van der Waals surface area contributed by atoms with E-state index in [4.69, 9.17) is 0 Å². The van der Waals surface area contributed by atoms with Crippen LogP contribution in [-0.2, 0) is 0 Å². The van der Waals surface area contributed by atoms with Crippen molar-refractivity contribution in [2.75, 3.05) is 0 Å². The van der Waals surface area contributed by atoms with E-state index in [0.717, 1.165) is 5.92 Å². The Bertz CT molecular complexity index is 218. The third-order valence-electron chi connectivity index (χ3n) is 3.82. The first-order valence-corrected chi connectivity index (χ1v) is 5.66. The lowest BCUT2D eigenvalue weighted by molar-refractivity contribution is 0.191. The Morgan fingerprint density at radius 1 is 1.08 bits per heavy atom. The van der Waals surface area contributed by atoms with Crippen LogP contribution in [0.1, 0.15) is 45.4 Å². The second-order valence-corrected chi connectivity index (χ2v) is 4.83. The molecule has 0 spiro atoms. The fraction of sp³-hybridized carbons (Fsp3) is 0.692. The Labute approximate surface area is 81.7 Å². The van der Waals surface area contributed by atoms with Gasteiger partial charge in [0.2, 0.25) is 0 Å². The van der Waals surface area contributed by atoms with Crippen molar-refractivity contribution in [3.8, 4) is 0 Å². The zero-order chi connectivity index (χ0) is 9.15. The highest BCUT2D eigenvalue weighted by Crippen LogP contribution is 2.43. The van der Waals surface area contributed by atoms with Gasteiger partial charge in [-0.2, -0.15) is 0 Å². The van der Waals surface area contributed by atoms with Gasteiger partial charge < -0.3 is 0 Å². The quantitative estimate of drug-likeness (QED) is 0.564. The Morgan fingerprint density at radius 3 is 2.46 bits per heavy atom. The Kier molecular flexibility index (Phi) is 2.57. The molecule has 0 aromatic rings. The molecule has 0 amide bonds. The van der Waals surface area contributed by atoms with E-state index in [-0.39, 0.29) is 0 Å². The highest BCUT2D eigenvalue weighted by Gasteiger charge is 2.32. The largest absolute Gasteiger partial charge is 0.0837 e. The molecule has 0 aromatic carbocycles. The Morgan fingerprint density at radius 2 is 1.85 bits per heavy atom. The summed E-state index contributed by atoms with van der Waals surface area (Å²) in [7, 11) is 0. The minimum Gasteiger partial charge on any atom is -0.0837 e. The monoisotopic (exact) mass is 176 g/mol. The molecule has 1 unspecified atom stereocenters. The van der Waals surface area contributed by atoms with Gasteiger partial charge in [0.1, 0.15) is 0 Å². The molecule has 1 fully saturated rings. The molecule has 0 radical (unpaired) electrons. The number of hydrogen-bond acceptors (Lipinski definition) is 0. The maximum absolute atomic E-state index is 2.43. The molecule has 0 saturated heterocycles. The van der Waals surface area contributed by atoms with Crippen LogP contribution in [0.5, 0.6) is 0 Å². The van der Waals surface area contributed by atoms with Crippen molar-refractivity contribution in [2.24, 2.45) is 11.3 Å². The lowest BCUT2D eigenvalue weighted by Crippen LogP contribution is -2.27. The molecule has 0 aliphatic heterocycles. The first-order chi connectivity index (χ1) is 6.31. The third kappa shape index (κ3) is 1.87. The maximum atomic E-state index is 2.43. The summed E-state index contributed by atoms with van der Waals surface area (Å²) in [6, 6.07) is 0. The van der Waals surface area contributed by atoms with Crippen molar-refractivity contribution in [1.82, 2.24) is 0 Å². The van der Waals surface area contributed by atoms with E-state index in [1.807, 2.05) is 0 Å². The predicted octanol–water partition coefficient (Wildman–Crippen LogP) is 4.09. The highest BCUT2D eigenvalue weighted by molar-refractivity contribution is 5.16. The van der Waals surface area contributed by atoms with Gasteiger partial charge in [-0.1, -0.05) is 50.5 Å². The summed E-state index contributed by atoms with van der Waals surface area (Å²) in [6.45, 7) is 2.43. The van der Waals surface area contributed by atoms with Gasteiger partial charge in [0.25, 0.3) is 0 Å². The standard InChI is InChI=1S/C13H20/c1-13(10-6-3-7-11-13)12-8-4-2-5-9-12/h3,6-7,10,12H,2,4-5,8-9,11H2,1H3. The minimum atomic E-state index is 0.481. The van der Waals surface area contributed by atoms with Crippen molar-refractivity contribution in [3.05, 3.63) is 24.3 Å². The summed E-state index contributed by atoms with van der Waals surface area (Å²) >= 11 is 0. The SMILES string of the molecule is CC1(C2CCCCC2)C=CC=CC1. The average molecular weight is 176 g/mol. The summed E-state index contributed by atoms with van der Waals surface area (Å²) in [5.74, 6) is 0.947. The highest BCUT2D eigenvalue weighted by atomic mass is 14.4. The zero-order valence-electron chi connectivity index (χ0n) is 8.63. The molecular formula is C13H20. The molecule has 0 heteroatoms. The fourth-order valence-corrected chi connectivity index (χ4v) is 2.81. The van der Waals surface area contributed by atoms with Gasteiger partial charge in [0.05, 0.1) is 0 Å². The molecule has 0 aromatic heterocycles. The van der Waals surface area contributed by atoms with Gasteiger partial charge in [-0.05, 0) is 30.6 Å². The molecule has 0 nitrogen and oxygen atoms in total. The molecule has 13 heavy (non-hydrogen) atoms. The van der Waals surface area contributed by atoms with Crippen LogP contribution < -0.4 is 0 Å². The van der Waals surface area contributed by atoms with E-state index in [1.54, 1.807) is 0 Å². The summed E-state index contributed by atoms with van der Waals surface area (Å²) in [4.78, 5) is 0. The molecule has 0 bridgehead atoms. The van der Waals surface area contributed by atoms with Crippen LogP contribution in [0.4, 0.5) is 0 Å². The lowest BCUT2D eigenvalue weighted by atomic mass is 9.67. The van der Waals surface area contributed by atoms with Gasteiger partial charge in [0, 0.05) is 0 Å². The van der Waals surface area contributed by atoms with Crippen LogP contribution in [0.3, 0.4) is 0 Å². The average Bonchev–Trinajstić information content (AvgIpc) is 2.20. The van der Waals surface area contributed by atoms with Crippen LogP contribution in [0, 0.1) is 11.3 Å². The normalized spacial score (nSPS) is 35.2. The summed E-state index contributed by atoms with van der Waals surface area (Å²) in [5.41, 5.74) is 0.481. The Hall–Kier alpha value is -0.520. The van der Waals surface area contributed by atoms with E-state index in [9.17, 15) is 0 Å². The summed E-state index contributed by atoms with van der Waals surface area (Å²) < 4.78 is 0. The molecule has 2 aliphatic carbocycles. The lowest BCUT2D eigenvalue weighted by Gasteiger charge is -2.38. The van der Waals surface area contributed by atoms with Gasteiger partial charge in [-0.15, -0.1) is 0 Å².